The molecule has 1 N–H and O–H groups in total. The minimum atomic E-state index is 0. The number of rotatable bonds is 6. The summed E-state index contributed by atoms with van der Waals surface area (Å²) in [6, 6.07) is 0. The zero-order valence-electron chi connectivity index (χ0n) is 8.40. The topological polar surface area (TPSA) is 23.9 Å². The van der Waals surface area contributed by atoms with Gasteiger partial charge in [-0.25, -0.2) is 19.1 Å². The summed E-state index contributed by atoms with van der Waals surface area (Å²) < 4.78 is 0. The second-order valence-electron chi connectivity index (χ2n) is 2.74. The number of hydrogen-bond acceptors (Lipinski definition) is 1. The summed E-state index contributed by atoms with van der Waals surface area (Å²) in [7, 11) is 0. The van der Waals surface area contributed by atoms with Gasteiger partial charge in [0.2, 0.25) is 0 Å². The van der Waals surface area contributed by atoms with Crippen LogP contribution in [0.25, 0.3) is 0 Å². The van der Waals surface area contributed by atoms with Crippen molar-refractivity contribution in [3.05, 3.63) is 19.1 Å². The Balaban J connectivity index is 0. The molecular weight excluding hydrogens is 141 g/mol. The maximum Gasteiger partial charge on any atom is 1.00 e. The summed E-state index contributed by atoms with van der Waals surface area (Å²) in [6.07, 6.45) is 9.09. The first-order valence-electron chi connectivity index (χ1n) is 4.31. The molecule has 0 aliphatic carbocycles. The van der Waals surface area contributed by atoms with Gasteiger partial charge in [0.1, 0.15) is 0 Å². The van der Waals surface area contributed by atoms with E-state index >= 15 is 0 Å². The standard InChI is InChI=1S/C10H18N.Li/c1-3-5-7-9-10(11)8-6-4-2;/h4,6,11H,2-3,5,7-9H2,1H3;/q-1;+1. The fourth-order valence-corrected chi connectivity index (χ4v) is 0.916. The van der Waals surface area contributed by atoms with Crippen LogP contribution in [0.1, 0.15) is 39.0 Å². The van der Waals surface area contributed by atoms with Crippen molar-refractivity contribution in [2.45, 2.75) is 39.0 Å². The van der Waals surface area contributed by atoms with Crippen LogP contribution in [0.3, 0.4) is 0 Å². The molecule has 0 heterocycles. The van der Waals surface area contributed by atoms with E-state index in [1.165, 1.54) is 19.3 Å². The normalized spacial score (nSPS) is 9.75. The summed E-state index contributed by atoms with van der Waals surface area (Å²) in [5, 5.41) is 7.49. The van der Waals surface area contributed by atoms with Crippen molar-refractivity contribution in [3.8, 4) is 0 Å². The van der Waals surface area contributed by atoms with Gasteiger partial charge in [0.05, 0.1) is 0 Å². The van der Waals surface area contributed by atoms with Crippen molar-refractivity contribution in [1.29, 1.82) is 5.41 Å². The number of unbranched alkanes of at least 4 members (excludes halogenated alkanes) is 2. The van der Waals surface area contributed by atoms with Crippen LogP contribution in [0.15, 0.2) is 12.2 Å². The molecule has 0 aliphatic heterocycles. The van der Waals surface area contributed by atoms with Gasteiger partial charge >= 0.3 is 18.9 Å². The van der Waals surface area contributed by atoms with E-state index < -0.39 is 0 Å². The first-order chi connectivity index (χ1) is 5.31. The maximum absolute atomic E-state index is 7.49. The van der Waals surface area contributed by atoms with Gasteiger partial charge in [0.15, 0.2) is 0 Å². The molecule has 0 atom stereocenters. The van der Waals surface area contributed by atoms with Crippen LogP contribution in [0, 0.1) is 12.3 Å². The first kappa shape index (κ1) is 14.4. The zero-order valence-corrected chi connectivity index (χ0v) is 8.40. The Labute approximate surface area is 88.3 Å². The minimum absolute atomic E-state index is 0. The second-order valence-corrected chi connectivity index (χ2v) is 2.74. The maximum atomic E-state index is 7.49. The van der Waals surface area contributed by atoms with Gasteiger partial charge in [-0.05, 0) is 18.6 Å². The van der Waals surface area contributed by atoms with E-state index in [4.69, 9.17) is 5.41 Å². The van der Waals surface area contributed by atoms with Crippen LogP contribution in [0.2, 0.25) is 0 Å². The summed E-state index contributed by atoms with van der Waals surface area (Å²) in [5.74, 6) is 0. The molecule has 0 amide bonds. The number of nitrogens with one attached hydrogen (secondary N) is 1. The van der Waals surface area contributed by atoms with Crippen LogP contribution in [-0.2, 0) is 0 Å². The van der Waals surface area contributed by atoms with E-state index in [2.05, 4.69) is 13.8 Å². The van der Waals surface area contributed by atoms with Gasteiger partial charge in [-0.3, -0.25) is 0 Å². The molecule has 0 saturated heterocycles. The molecule has 64 valence electrons. The van der Waals surface area contributed by atoms with Gasteiger partial charge in [0.25, 0.3) is 0 Å². The van der Waals surface area contributed by atoms with E-state index in [9.17, 15) is 0 Å². The first-order valence-corrected chi connectivity index (χ1v) is 4.31. The van der Waals surface area contributed by atoms with E-state index in [0.29, 0.717) is 0 Å². The van der Waals surface area contributed by atoms with Crippen molar-refractivity contribution < 1.29 is 18.9 Å². The molecule has 0 aliphatic rings. The Morgan fingerprint density at radius 1 is 1.42 bits per heavy atom. The quantitative estimate of drug-likeness (QED) is 0.250. The SMILES string of the molecule is [CH2-]C=CCC(=N)CCCCC.[Li+]. The average molecular weight is 159 g/mol. The molecule has 0 radical (unpaired) electrons. The summed E-state index contributed by atoms with van der Waals surface area (Å²) in [4.78, 5) is 0. The van der Waals surface area contributed by atoms with Crippen LogP contribution >= 0.6 is 0 Å². The predicted octanol–water partition coefficient (Wildman–Crippen LogP) is 0.371. The molecule has 0 aromatic heterocycles. The third-order valence-corrected chi connectivity index (χ3v) is 1.61. The Hall–Kier alpha value is -0.123. The monoisotopic (exact) mass is 159 g/mol. The summed E-state index contributed by atoms with van der Waals surface area (Å²) in [6.45, 7) is 5.76. The molecule has 0 saturated carbocycles. The van der Waals surface area contributed by atoms with Gasteiger partial charge in [-0.15, -0.1) is 0 Å². The second kappa shape index (κ2) is 10.9. The molecular formula is C10H18LiN. The molecule has 12 heavy (non-hydrogen) atoms. The minimum Gasteiger partial charge on any atom is -0.311 e. The third-order valence-electron chi connectivity index (χ3n) is 1.61. The summed E-state index contributed by atoms with van der Waals surface area (Å²) >= 11 is 0. The van der Waals surface area contributed by atoms with Crippen molar-refractivity contribution >= 4 is 5.71 Å². The van der Waals surface area contributed by atoms with E-state index in [1.807, 2.05) is 6.08 Å². The number of hydrogen-bond donors (Lipinski definition) is 1. The van der Waals surface area contributed by atoms with Crippen LogP contribution < -0.4 is 18.9 Å². The molecule has 2 heteroatoms. The van der Waals surface area contributed by atoms with Crippen molar-refractivity contribution in [2.24, 2.45) is 0 Å². The van der Waals surface area contributed by atoms with Gasteiger partial charge < -0.3 is 5.41 Å². The average Bonchev–Trinajstić information content (AvgIpc) is 2.01. The molecule has 0 fully saturated rings. The molecule has 0 aromatic carbocycles. The van der Waals surface area contributed by atoms with E-state index in [0.717, 1.165) is 18.6 Å². The van der Waals surface area contributed by atoms with Gasteiger partial charge in [-0.1, -0.05) is 26.2 Å². The largest absolute Gasteiger partial charge is 1.00 e. The Kier molecular flexibility index (Phi) is 13.1. The zero-order chi connectivity index (χ0) is 8.53. The smallest absolute Gasteiger partial charge is 0.311 e. The summed E-state index contributed by atoms with van der Waals surface area (Å²) in [5.41, 5.74) is 0.832. The Morgan fingerprint density at radius 3 is 2.58 bits per heavy atom. The number of allylic oxidation sites excluding steroid dienone is 2. The van der Waals surface area contributed by atoms with E-state index in [1.54, 1.807) is 6.08 Å². The van der Waals surface area contributed by atoms with E-state index in [-0.39, 0.29) is 18.9 Å². The van der Waals surface area contributed by atoms with Crippen LogP contribution in [-0.4, -0.2) is 5.71 Å². The van der Waals surface area contributed by atoms with Crippen molar-refractivity contribution in [1.82, 2.24) is 0 Å². The molecule has 0 spiro atoms. The van der Waals surface area contributed by atoms with Crippen molar-refractivity contribution in [2.75, 3.05) is 0 Å². The molecule has 0 rings (SSSR count). The van der Waals surface area contributed by atoms with Crippen LogP contribution in [0.5, 0.6) is 0 Å². The molecule has 0 unspecified atom stereocenters. The van der Waals surface area contributed by atoms with Crippen LogP contribution in [0.4, 0.5) is 0 Å². The Morgan fingerprint density at radius 2 is 2.08 bits per heavy atom. The molecule has 0 bridgehead atoms. The fourth-order valence-electron chi connectivity index (χ4n) is 0.916. The molecule has 0 aromatic rings. The third kappa shape index (κ3) is 9.88. The fraction of sp³-hybridized carbons (Fsp3) is 0.600. The predicted molar refractivity (Wildman–Crippen MR) is 51.0 cm³/mol. The van der Waals surface area contributed by atoms with Crippen molar-refractivity contribution in [3.63, 3.8) is 0 Å². The molecule has 1 nitrogen and oxygen atoms in total. The van der Waals surface area contributed by atoms with Gasteiger partial charge in [-0.2, -0.15) is 0 Å². The Bertz CT molecular complexity index is 130. The van der Waals surface area contributed by atoms with Gasteiger partial charge in [0, 0.05) is 0 Å².